The van der Waals surface area contributed by atoms with Crippen molar-refractivity contribution in [2.24, 2.45) is 0 Å². The predicted octanol–water partition coefficient (Wildman–Crippen LogP) is 6.28. The van der Waals surface area contributed by atoms with Crippen molar-refractivity contribution < 1.29 is 37.3 Å². The molecule has 0 saturated carbocycles. The van der Waals surface area contributed by atoms with E-state index in [-0.39, 0.29) is 30.1 Å². The highest BCUT2D eigenvalue weighted by Crippen LogP contribution is 2.28. The summed E-state index contributed by atoms with van der Waals surface area (Å²) in [5.41, 5.74) is 0.762. The summed E-state index contributed by atoms with van der Waals surface area (Å²) < 4.78 is 45.7. The number of carbonyl (C=O) groups is 2. The van der Waals surface area contributed by atoms with E-state index in [0.29, 0.717) is 19.4 Å². The molecule has 0 aromatic heterocycles. The quantitative estimate of drug-likeness (QED) is 0.517. The lowest BCUT2D eigenvalue weighted by Gasteiger charge is -2.35. The maximum Gasteiger partial charge on any atom is 0.410 e. The summed E-state index contributed by atoms with van der Waals surface area (Å²) in [6, 6.07) is 13.7. The monoisotopic (exact) mass is 469 g/mol. The number of carbonyl (C=O) groups excluding carboxylic acids is 1. The van der Waals surface area contributed by atoms with Gasteiger partial charge in [-0.15, -0.1) is 0 Å². The van der Waals surface area contributed by atoms with Crippen LogP contribution in [0.25, 0.3) is 0 Å². The number of aliphatic carboxylic acids is 1. The first-order valence-corrected chi connectivity index (χ1v) is 10.7. The van der Waals surface area contributed by atoms with Crippen molar-refractivity contribution in [2.45, 2.75) is 58.8 Å². The minimum Gasteiger partial charge on any atom is -0.481 e. The molecule has 2 aromatic rings. The third-order valence-electron chi connectivity index (χ3n) is 4.66. The molecular weight excluding hydrogens is 439 g/mol. The number of ether oxygens (including phenoxy) is 2. The van der Waals surface area contributed by atoms with E-state index in [9.17, 15) is 22.8 Å². The van der Waals surface area contributed by atoms with Gasteiger partial charge in [-0.3, -0.25) is 4.79 Å². The third-order valence-corrected chi connectivity index (χ3v) is 4.66. The fourth-order valence-corrected chi connectivity index (χ4v) is 3.01. The van der Waals surface area contributed by atoms with Gasteiger partial charge in [-0.1, -0.05) is 44.2 Å². The summed E-state index contributed by atoms with van der Waals surface area (Å²) in [4.78, 5) is 24.2. The highest BCUT2D eigenvalue weighted by atomic mass is 19.3. The van der Waals surface area contributed by atoms with Gasteiger partial charge in [0, 0.05) is 19.4 Å². The standard InChI is InChI=1S/C16H19F2NO5.C6H5F.C2H6/c1-10(11-2-4-12(5-3-11)23-15(17)18)19-9-8-13(24-16(19)22)6-7-14(20)21;7-6-4-2-1-3-5-6;1-2/h2-5,10,13,15H,6-9H2,1H3,(H,20,21);1-5H;1-2H3. The average Bonchev–Trinajstić information content (AvgIpc) is 2.80. The zero-order valence-corrected chi connectivity index (χ0v) is 18.9. The van der Waals surface area contributed by atoms with Crippen LogP contribution >= 0.6 is 0 Å². The Bertz CT molecular complexity index is 834. The van der Waals surface area contributed by atoms with Crippen LogP contribution in [0.2, 0.25) is 0 Å². The molecule has 1 fully saturated rings. The zero-order valence-electron chi connectivity index (χ0n) is 18.9. The highest BCUT2D eigenvalue weighted by Gasteiger charge is 2.31. The number of alkyl halides is 2. The van der Waals surface area contributed by atoms with E-state index in [1.807, 2.05) is 20.8 Å². The second-order valence-corrected chi connectivity index (χ2v) is 6.84. The number of amides is 1. The summed E-state index contributed by atoms with van der Waals surface area (Å²) >= 11 is 0. The maximum absolute atomic E-state index is 12.1. The number of benzene rings is 2. The zero-order chi connectivity index (χ0) is 24.8. The molecule has 6 nitrogen and oxygen atoms in total. The summed E-state index contributed by atoms with van der Waals surface area (Å²) in [6.07, 6.45) is -0.0891. The van der Waals surface area contributed by atoms with Gasteiger partial charge < -0.3 is 19.5 Å². The fourth-order valence-electron chi connectivity index (χ4n) is 3.01. The minimum atomic E-state index is -2.88. The van der Waals surface area contributed by atoms with Gasteiger partial charge in [-0.05, 0) is 43.2 Å². The van der Waals surface area contributed by atoms with Gasteiger partial charge in [0.2, 0.25) is 0 Å². The van der Waals surface area contributed by atoms with Gasteiger partial charge in [0.25, 0.3) is 0 Å². The van der Waals surface area contributed by atoms with E-state index in [2.05, 4.69) is 4.74 Å². The van der Waals surface area contributed by atoms with E-state index in [1.54, 1.807) is 30.3 Å². The first-order chi connectivity index (χ1) is 15.8. The molecular formula is C24H30F3NO5. The van der Waals surface area contributed by atoms with Crippen LogP contribution in [0.4, 0.5) is 18.0 Å². The van der Waals surface area contributed by atoms with Gasteiger partial charge in [0.15, 0.2) is 0 Å². The lowest BCUT2D eigenvalue weighted by atomic mass is 10.0. The van der Waals surface area contributed by atoms with Crippen LogP contribution in [0.5, 0.6) is 5.75 Å². The first kappa shape index (κ1) is 27.8. The van der Waals surface area contributed by atoms with E-state index >= 15 is 0 Å². The number of halogens is 3. The molecule has 2 unspecified atom stereocenters. The minimum absolute atomic E-state index is 0.0426. The van der Waals surface area contributed by atoms with Crippen LogP contribution in [0, 0.1) is 5.82 Å². The number of carboxylic acid groups (broad SMARTS) is 1. The molecule has 1 aliphatic rings. The van der Waals surface area contributed by atoms with E-state index in [0.717, 1.165) is 5.56 Å². The van der Waals surface area contributed by atoms with Crippen molar-refractivity contribution >= 4 is 12.1 Å². The van der Waals surface area contributed by atoms with Crippen molar-refractivity contribution in [1.29, 1.82) is 0 Å². The maximum atomic E-state index is 12.1. The fraction of sp³-hybridized carbons (Fsp3) is 0.417. The van der Waals surface area contributed by atoms with Gasteiger partial charge in [0.05, 0.1) is 6.04 Å². The van der Waals surface area contributed by atoms with Crippen molar-refractivity contribution in [3.05, 3.63) is 66.0 Å². The lowest BCUT2D eigenvalue weighted by Crippen LogP contribution is -2.43. The molecule has 0 bridgehead atoms. The Hall–Kier alpha value is -3.23. The molecule has 1 aliphatic heterocycles. The number of rotatable bonds is 7. The molecule has 1 N–H and O–H groups in total. The average molecular weight is 470 g/mol. The molecule has 9 heteroatoms. The smallest absolute Gasteiger partial charge is 0.410 e. The van der Waals surface area contributed by atoms with Crippen molar-refractivity contribution in [3.8, 4) is 5.75 Å². The Morgan fingerprint density at radius 2 is 1.76 bits per heavy atom. The normalized spacial score (nSPS) is 15.9. The van der Waals surface area contributed by atoms with Crippen LogP contribution in [-0.4, -0.2) is 41.3 Å². The Labute approximate surface area is 191 Å². The lowest BCUT2D eigenvalue weighted by molar-refractivity contribution is -0.137. The topological polar surface area (TPSA) is 76.1 Å². The van der Waals surface area contributed by atoms with Crippen molar-refractivity contribution in [1.82, 2.24) is 4.90 Å². The largest absolute Gasteiger partial charge is 0.481 e. The third kappa shape index (κ3) is 10.3. The molecule has 2 atom stereocenters. The van der Waals surface area contributed by atoms with Crippen LogP contribution in [0.3, 0.4) is 0 Å². The molecule has 0 spiro atoms. The Morgan fingerprint density at radius 3 is 2.21 bits per heavy atom. The summed E-state index contributed by atoms with van der Waals surface area (Å²) in [5.74, 6) is -1.05. The number of cyclic esters (lactones) is 1. The predicted molar refractivity (Wildman–Crippen MR) is 118 cm³/mol. The Balaban J connectivity index is 0.000000508. The summed E-state index contributed by atoms with van der Waals surface area (Å²) in [5, 5.41) is 8.67. The summed E-state index contributed by atoms with van der Waals surface area (Å²) in [7, 11) is 0. The molecule has 1 saturated heterocycles. The molecule has 0 aliphatic carbocycles. The number of carboxylic acids is 1. The Morgan fingerprint density at radius 1 is 1.15 bits per heavy atom. The van der Waals surface area contributed by atoms with Gasteiger partial charge >= 0.3 is 18.7 Å². The second-order valence-electron chi connectivity index (χ2n) is 6.84. The van der Waals surface area contributed by atoms with Crippen LogP contribution < -0.4 is 4.74 Å². The molecule has 0 radical (unpaired) electrons. The SMILES string of the molecule is CC.CC(c1ccc(OC(F)F)cc1)N1CCC(CCC(=O)O)OC1=O.Fc1ccccc1. The van der Waals surface area contributed by atoms with E-state index in [1.165, 1.54) is 29.2 Å². The van der Waals surface area contributed by atoms with E-state index < -0.39 is 18.7 Å². The highest BCUT2D eigenvalue weighted by molar-refractivity contribution is 5.70. The van der Waals surface area contributed by atoms with E-state index in [4.69, 9.17) is 9.84 Å². The van der Waals surface area contributed by atoms with Crippen LogP contribution in [0.15, 0.2) is 54.6 Å². The molecule has 1 amide bonds. The second kappa shape index (κ2) is 14.8. The molecule has 1 heterocycles. The Kier molecular flexibility index (Phi) is 12.4. The van der Waals surface area contributed by atoms with Gasteiger partial charge in [-0.25, -0.2) is 9.18 Å². The van der Waals surface area contributed by atoms with Gasteiger partial charge in [0.1, 0.15) is 17.7 Å². The number of nitrogens with zero attached hydrogens (tertiary/aromatic N) is 1. The van der Waals surface area contributed by atoms with Gasteiger partial charge in [-0.2, -0.15) is 8.78 Å². The molecule has 2 aromatic carbocycles. The molecule has 33 heavy (non-hydrogen) atoms. The number of hydrogen-bond donors (Lipinski definition) is 1. The van der Waals surface area contributed by atoms with Crippen LogP contribution in [0.1, 0.15) is 51.6 Å². The first-order valence-electron chi connectivity index (χ1n) is 10.7. The molecule has 182 valence electrons. The van der Waals surface area contributed by atoms with Crippen molar-refractivity contribution in [2.75, 3.05) is 6.54 Å². The number of hydrogen-bond acceptors (Lipinski definition) is 4. The molecule has 3 rings (SSSR count). The summed E-state index contributed by atoms with van der Waals surface area (Å²) in [6.45, 7) is 3.37. The van der Waals surface area contributed by atoms with Crippen molar-refractivity contribution in [3.63, 3.8) is 0 Å². The van der Waals surface area contributed by atoms with Crippen LogP contribution in [-0.2, 0) is 9.53 Å².